The minimum Gasteiger partial charge on any atom is -0.480 e. The van der Waals surface area contributed by atoms with E-state index in [0.717, 1.165) is 11.3 Å². The maximum Gasteiger partial charge on any atom is 0.323 e. The van der Waals surface area contributed by atoms with Crippen molar-refractivity contribution in [2.24, 2.45) is 0 Å². The second kappa shape index (κ2) is 6.12. The fourth-order valence-electron chi connectivity index (χ4n) is 1.16. The number of rotatable bonds is 5. The zero-order valence-corrected chi connectivity index (χ0v) is 9.79. The average molecular weight is 242 g/mol. The second-order valence-corrected chi connectivity index (χ2v) is 4.14. The fraction of sp³-hybridized carbons (Fsp3) is 0.400. The van der Waals surface area contributed by atoms with Crippen LogP contribution in [-0.4, -0.2) is 42.1 Å². The molecule has 2 amide bonds. The van der Waals surface area contributed by atoms with Crippen molar-refractivity contribution in [2.45, 2.75) is 6.42 Å². The quantitative estimate of drug-likeness (QED) is 0.809. The van der Waals surface area contributed by atoms with E-state index >= 15 is 0 Å². The SMILES string of the molecule is CN(CC(=O)O)C(=O)NCCc1ccsc1. The molecule has 0 aliphatic carbocycles. The van der Waals surface area contributed by atoms with E-state index in [0.29, 0.717) is 6.54 Å². The number of nitrogens with zero attached hydrogens (tertiary/aromatic N) is 1. The fourth-order valence-corrected chi connectivity index (χ4v) is 1.86. The molecule has 0 aliphatic rings. The first kappa shape index (κ1) is 12.5. The highest BCUT2D eigenvalue weighted by molar-refractivity contribution is 7.07. The lowest BCUT2D eigenvalue weighted by Gasteiger charge is -2.15. The van der Waals surface area contributed by atoms with E-state index in [1.54, 1.807) is 11.3 Å². The Hall–Kier alpha value is -1.56. The summed E-state index contributed by atoms with van der Waals surface area (Å²) in [6.07, 6.45) is 0.760. The number of carboxylic acids is 1. The van der Waals surface area contributed by atoms with Crippen LogP contribution in [0.1, 0.15) is 5.56 Å². The number of nitrogens with one attached hydrogen (secondary N) is 1. The summed E-state index contributed by atoms with van der Waals surface area (Å²) in [4.78, 5) is 22.9. The molecular weight excluding hydrogens is 228 g/mol. The third-order valence-electron chi connectivity index (χ3n) is 1.99. The van der Waals surface area contributed by atoms with Crippen LogP contribution in [0, 0.1) is 0 Å². The Morgan fingerprint density at radius 3 is 2.88 bits per heavy atom. The summed E-state index contributed by atoms with van der Waals surface area (Å²) >= 11 is 1.61. The molecule has 0 saturated heterocycles. The number of carbonyl (C=O) groups excluding carboxylic acids is 1. The Balaban J connectivity index is 2.22. The molecule has 0 aromatic carbocycles. The van der Waals surface area contributed by atoms with Gasteiger partial charge in [0, 0.05) is 13.6 Å². The Labute approximate surface area is 97.7 Å². The van der Waals surface area contributed by atoms with Gasteiger partial charge in [-0.25, -0.2) is 4.79 Å². The Kier molecular flexibility index (Phi) is 4.78. The number of aliphatic carboxylic acids is 1. The topological polar surface area (TPSA) is 69.6 Å². The van der Waals surface area contributed by atoms with Gasteiger partial charge in [0.25, 0.3) is 0 Å². The zero-order valence-electron chi connectivity index (χ0n) is 8.97. The Morgan fingerprint density at radius 2 is 2.31 bits per heavy atom. The molecule has 0 spiro atoms. The maximum atomic E-state index is 11.4. The summed E-state index contributed by atoms with van der Waals surface area (Å²) in [6.45, 7) is 0.226. The van der Waals surface area contributed by atoms with Crippen molar-refractivity contribution in [3.8, 4) is 0 Å². The molecule has 6 heteroatoms. The van der Waals surface area contributed by atoms with Crippen LogP contribution >= 0.6 is 11.3 Å². The van der Waals surface area contributed by atoms with Gasteiger partial charge in [0.15, 0.2) is 0 Å². The Bertz CT molecular complexity index is 351. The number of amides is 2. The van der Waals surface area contributed by atoms with Gasteiger partial charge < -0.3 is 15.3 Å². The largest absolute Gasteiger partial charge is 0.480 e. The molecule has 0 radical (unpaired) electrons. The van der Waals surface area contributed by atoms with Gasteiger partial charge in [0.2, 0.25) is 0 Å². The molecule has 0 unspecified atom stereocenters. The van der Waals surface area contributed by atoms with Crippen molar-refractivity contribution in [2.75, 3.05) is 20.1 Å². The highest BCUT2D eigenvalue weighted by Crippen LogP contribution is 2.05. The van der Waals surface area contributed by atoms with Gasteiger partial charge in [-0.3, -0.25) is 4.79 Å². The second-order valence-electron chi connectivity index (χ2n) is 3.36. The monoisotopic (exact) mass is 242 g/mol. The van der Waals surface area contributed by atoms with E-state index < -0.39 is 5.97 Å². The van der Waals surface area contributed by atoms with E-state index in [1.165, 1.54) is 12.6 Å². The molecule has 1 heterocycles. The van der Waals surface area contributed by atoms with Gasteiger partial charge >= 0.3 is 12.0 Å². The minimum absolute atomic E-state index is 0.287. The van der Waals surface area contributed by atoms with Crippen molar-refractivity contribution >= 4 is 23.3 Å². The van der Waals surface area contributed by atoms with E-state index in [9.17, 15) is 9.59 Å². The van der Waals surface area contributed by atoms with Crippen LogP contribution in [0.3, 0.4) is 0 Å². The molecule has 0 aliphatic heterocycles. The molecule has 1 aromatic heterocycles. The first-order valence-corrected chi connectivity index (χ1v) is 5.75. The number of likely N-dealkylation sites (N-methyl/N-ethyl adjacent to an activating group) is 1. The van der Waals surface area contributed by atoms with E-state index in [2.05, 4.69) is 5.32 Å². The molecule has 0 fully saturated rings. The van der Waals surface area contributed by atoms with Crippen LogP contribution in [0.25, 0.3) is 0 Å². The number of urea groups is 1. The highest BCUT2D eigenvalue weighted by atomic mass is 32.1. The molecule has 5 nitrogen and oxygen atoms in total. The van der Waals surface area contributed by atoms with Crippen LogP contribution in [0.5, 0.6) is 0 Å². The maximum absolute atomic E-state index is 11.4. The third-order valence-corrected chi connectivity index (χ3v) is 2.72. The van der Waals surface area contributed by atoms with Crippen molar-refractivity contribution in [1.29, 1.82) is 0 Å². The summed E-state index contributed by atoms with van der Waals surface area (Å²) in [7, 11) is 1.45. The van der Waals surface area contributed by atoms with Gasteiger partial charge in [0.1, 0.15) is 6.54 Å². The Morgan fingerprint density at radius 1 is 1.56 bits per heavy atom. The first-order chi connectivity index (χ1) is 7.59. The highest BCUT2D eigenvalue weighted by Gasteiger charge is 2.10. The van der Waals surface area contributed by atoms with Gasteiger partial charge in [-0.15, -0.1) is 0 Å². The summed E-state index contributed by atoms with van der Waals surface area (Å²) in [5, 5.41) is 15.1. The van der Waals surface area contributed by atoms with E-state index in [-0.39, 0.29) is 12.6 Å². The minimum atomic E-state index is -1.02. The van der Waals surface area contributed by atoms with Gasteiger partial charge in [0.05, 0.1) is 0 Å². The smallest absolute Gasteiger partial charge is 0.323 e. The molecule has 0 atom stereocenters. The summed E-state index contributed by atoms with van der Waals surface area (Å²) in [5.41, 5.74) is 1.17. The standard InChI is InChI=1S/C10H14N2O3S/c1-12(6-9(13)14)10(15)11-4-2-8-3-5-16-7-8/h3,5,7H,2,4,6H2,1H3,(H,11,15)(H,13,14). The molecule has 0 saturated carbocycles. The molecular formula is C10H14N2O3S. The number of carboxylic acid groups (broad SMARTS) is 1. The van der Waals surface area contributed by atoms with Crippen LogP contribution in [0.2, 0.25) is 0 Å². The third kappa shape index (κ3) is 4.31. The molecule has 2 N–H and O–H groups in total. The predicted molar refractivity (Wildman–Crippen MR) is 61.7 cm³/mol. The van der Waals surface area contributed by atoms with Crippen molar-refractivity contribution < 1.29 is 14.7 Å². The van der Waals surface area contributed by atoms with Gasteiger partial charge in [-0.1, -0.05) is 0 Å². The number of hydrogen-bond acceptors (Lipinski definition) is 3. The molecule has 0 bridgehead atoms. The van der Waals surface area contributed by atoms with Gasteiger partial charge in [-0.05, 0) is 28.8 Å². The van der Waals surface area contributed by atoms with Crippen molar-refractivity contribution in [1.82, 2.24) is 10.2 Å². The summed E-state index contributed by atoms with van der Waals surface area (Å²) in [5.74, 6) is -1.02. The van der Waals surface area contributed by atoms with E-state index in [4.69, 9.17) is 5.11 Å². The summed E-state index contributed by atoms with van der Waals surface area (Å²) < 4.78 is 0. The first-order valence-electron chi connectivity index (χ1n) is 4.81. The molecule has 88 valence electrons. The van der Waals surface area contributed by atoms with Gasteiger partial charge in [-0.2, -0.15) is 11.3 Å². The van der Waals surface area contributed by atoms with Crippen LogP contribution in [0.15, 0.2) is 16.8 Å². The molecule has 16 heavy (non-hydrogen) atoms. The summed E-state index contributed by atoms with van der Waals surface area (Å²) in [6, 6.07) is 1.63. The van der Waals surface area contributed by atoms with Crippen LogP contribution in [0.4, 0.5) is 4.79 Å². The lowest BCUT2D eigenvalue weighted by Crippen LogP contribution is -2.40. The zero-order chi connectivity index (χ0) is 12.0. The normalized spacial score (nSPS) is 9.81. The predicted octanol–water partition coefficient (Wildman–Crippen LogP) is 1.02. The van der Waals surface area contributed by atoms with E-state index in [1.807, 2.05) is 16.8 Å². The molecule has 1 aromatic rings. The average Bonchev–Trinajstić information content (AvgIpc) is 2.69. The number of hydrogen-bond donors (Lipinski definition) is 2. The lowest BCUT2D eigenvalue weighted by atomic mass is 10.2. The van der Waals surface area contributed by atoms with Crippen molar-refractivity contribution in [3.05, 3.63) is 22.4 Å². The van der Waals surface area contributed by atoms with Crippen LogP contribution in [-0.2, 0) is 11.2 Å². The number of carbonyl (C=O) groups is 2. The molecule has 1 rings (SSSR count). The van der Waals surface area contributed by atoms with Crippen molar-refractivity contribution in [3.63, 3.8) is 0 Å². The number of thiophene rings is 1. The van der Waals surface area contributed by atoms with Crippen LogP contribution < -0.4 is 5.32 Å². The lowest BCUT2D eigenvalue weighted by molar-refractivity contribution is -0.137.